The molecule has 0 radical (unpaired) electrons. The van der Waals surface area contributed by atoms with Gasteiger partial charge in [-0.25, -0.2) is 0 Å². The van der Waals surface area contributed by atoms with Gasteiger partial charge in [-0.15, -0.1) is 0 Å². The van der Waals surface area contributed by atoms with Crippen molar-refractivity contribution >= 4 is 11.0 Å². The predicted octanol–water partition coefficient (Wildman–Crippen LogP) is 2.87. The summed E-state index contributed by atoms with van der Waals surface area (Å²) in [7, 11) is 0. The molecule has 0 bridgehead atoms. The van der Waals surface area contributed by atoms with Crippen molar-refractivity contribution < 1.29 is 14.6 Å². The summed E-state index contributed by atoms with van der Waals surface area (Å²) in [6.07, 6.45) is 0. The van der Waals surface area contributed by atoms with Gasteiger partial charge in [-0.2, -0.15) is 0 Å². The molecule has 4 heteroatoms. The first kappa shape index (κ1) is 11.3. The zero-order chi connectivity index (χ0) is 13.4. The molecule has 0 fully saturated rings. The van der Waals surface area contributed by atoms with E-state index in [0.717, 1.165) is 0 Å². The van der Waals surface area contributed by atoms with E-state index in [1.54, 1.807) is 18.2 Å². The highest BCUT2D eigenvalue weighted by molar-refractivity contribution is 5.80. The van der Waals surface area contributed by atoms with Crippen LogP contribution in [0.25, 0.3) is 22.3 Å². The fourth-order valence-corrected chi connectivity index (χ4v) is 1.96. The van der Waals surface area contributed by atoms with Crippen LogP contribution >= 0.6 is 0 Å². The zero-order valence-electron chi connectivity index (χ0n) is 9.83. The van der Waals surface area contributed by atoms with Gasteiger partial charge in [-0.3, -0.25) is 4.79 Å². The summed E-state index contributed by atoms with van der Waals surface area (Å²) in [5.41, 5.74) is 0.550. The minimum atomic E-state index is -0.268. The van der Waals surface area contributed by atoms with E-state index in [1.165, 1.54) is 30.3 Å². The number of hydrogen-bond donors (Lipinski definition) is 2. The Morgan fingerprint density at radius 1 is 0.947 bits per heavy atom. The maximum atomic E-state index is 12.0. The van der Waals surface area contributed by atoms with Gasteiger partial charge >= 0.3 is 0 Å². The molecule has 0 saturated heterocycles. The van der Waals surface area contributed by atoms with Crippen molar-refractivity contribution in [1.82, 2.24) is 0 Å². The lowest BCUT2D eigenvalue weighted by Crippen LogP contribution is -2.00. The topological polar surface area (TPSA) is 70.7 Å². The van der Waals surface area contributed by atoms with Gasteiger partial charge in [0.05, 0.1) is 10.9 Å². The van der Waals surface area contributed by atoms with Crippen molar-refractivity contribution in [3.8, 4) is 22.8 Å². The highest BCUT2D eigenvalue weighted by Crippen LogP contribution is 2.30. The minimum absolute atomic E-state index is 0.00936. The van der Waals surface area contributed by atoms with E-state index < -0.39 is 0 Å². The van der Waals surface area contributed by atoms with Crippen molar-refractivity contribution in [3.05, 3.63) is 58.8 Å². The molecule has 0 aliphatic carbocycles. The Hall–Kier alpha value is -2.75. The van der Waals surface area contributed by atoms with Crippen LogP contribution in [-0.4, -0.2) is 10.2 Å². The zero-order valence-corrected chi connectivity index (χ0v) is 9.83. The molecule has 0 saturated carbocycles. The first-order chi connectivity index (χ1) is 9.15. The van der Waals surface area contributed by atoms with Crippen LogP contribution in [0.15, 0.2) is 57.7 Å². The Morgan fingerprint density at radius 2 is 1.74 bits per heavy atom. The molecular formula is C15H10O4. The Bertz CT molecular complexity index is 818. The molecule has 0 spiro atoms. The molecule has 0 aliphatic rings. The first-order valence-corrected chi connectivity index (χ1v) is 5.70. The van der Waals surface area contributed by atoms with Gasteiger partial charge < -0.3 is 14.6 Å². The van der Waals surface area contributed by atoms with Crippen molar-refractivity contribution in [3.63, 3.8) is 0 Å². The number of para-hydroxylation sites is 1. The van der Waals surface area contributed by atoms with E-state index in [-0.39, 0.29) is 16.9 Å². The molecule has 0 aliphatic heterocycles. The Balaban J connectivity index is 2.31. The molecule has 94 valence electrons. The summed E-state index contributed by atoms with van der Waals surface area (Å²) in [5, 5.41) is 19.4. The highest BCUT2D eigenvalue weighted by atomic mass is 16.3. The number of aromatic hydroxyl groups is 2. The second-order valence-corrected chi connectivity index (χ2v) is 4.17. The van der Waals surface area contributed by atoms with Gasteiger partial charge in [-0.1, -0.05) is 12.1 Å². The summed E-state index contributed by atoms with van der Waals surface area (Å²) < 4.78 is 5.59. The van der Waals surface area contributed by atoms with Gasteiger partial charge in [0.25, 0.3) is 0 Å². The quantitative estimate of drug-likeness (QED) is 0.700. The van der Waals surface area contributed by atoms with Crippen LogP contribution < -0.4 is 5.43 Å². The van der Waals surface area contributed by atoms with Crippen LogP contribution in [0.5, 0.6) is 11.5 Å². The number of benzene rings is 2. The molecule has 2 aromatic carbocycles. The average Bonchev–Trinajstić information content (AvgIpc) is 2.40. The maximum absolute atomic E-state index is 12.0. The van der Waals surface area contributed by atoms with Crippen molar-refractivity contribution in [2.75, 3.05) is 0 Å². The molecule has 19 heavy (non-hydrogen) atoms. The second-order valence-electron chi connectivity index (χ2n) is 4.17. The fraction of sp³-hybridized carbons (Fsp3) is 0. The van der Waals surface area contributed by atoms with Gasteiger partial charge in [0.15, 0.2) is 5.43 Å². The predicted molar refractivity (Wildman–Crippen MR) is 71.2 cm³/mol. The monoisotopic (exact) mass is 254 g/mol. The fourth-order valence-electron chi connectivity index (χ4n) is 1.96. The summed E-state index contributed by atoms with van der Waals surface area (Å²) >= 11 is 0. The van der Waals surface area contributed by atoms with Gasteiger partial charge in [0.2, 0.25) is 0 Å². The Morgan fingerprint density at radius 3 is 2.53 bits per heavy atom. The van der Waals surface area contributed by atoms with Crippen LogP contribution in [0.4, 0.5) is 0 Å². The SMILES string of the molecule is O=c1cc(-c2ccccc2O)oc2ccc(O)cc12. The third-order valence-corrected chi connectivity index (χ3v) is 2.88. The third kappa shape index (κ3) is 1.93. The summed E-state index contributed by atoms with van der Waals surface area (Å²) in [5.74, 6) is 0.347. The minimum Gasteiger partial charge on any atom is -0.508 e. The third-order valence-electron chi connectivity index (χ3n) is 2.88. The standard InChI is InChI=1S/C15H10O4/c16-9-5-6-14-11(7-9)13(18)8-15(19-14)10-3-1-2-4-12(10)17/h1-8,16-17H. The maximum Gasteiger partial charge on any atom is 0.193 e. The normalized spacial score (nSPS) is 10.7. The molecule has 0 amide bonds. The summed E-state index contributed by atoms with van der Waals surface area (Å²) in [6.45, 7) is 0. The average molecular weight is 254 g/mol. The van der Waals surface area contributed by atoms with E-state index >= 15 is 0 Å². The molecule has 4 nitrogen and oxygen atoms in total. The highest BCUT2D eigenvalue weighted by Gasteiger charge is 2.10. The van der Waals surface area contributed by atoms with E-state index in [4.69, 9.17) is 4.42 Å². The summed E-state index contributed by atoms with van der Waals surface area (Å²) in [4.78, 5) is 12.0. The van der Waals surface area contributed by atoms with Crippen LogP contribution in [0, 0.1) is 0 Å². The lowest BCUT2D eigenvalue weighted by Gasteiger charge is -2.05. The van der Waals surface area contributed by atoms with Crippen molar-refractivity contribution in [2.24, 2.45) is 0 Å². The van der Waals surface area contributed by atoms with Crippen LogP contribution in [0.1, 0.15) is 0 Å². The number of phenolic OH excluding ortho intramolecular Hbond substituents is 2. The lowest BCUT2D eigenvalue weighted by molar-refractivity contribution is 0.473. The van der Waals surface area contributed by atoms with E-state index in [0.29, 0.717) is 22.3 Å². The van der Waals surface area contributed by atoms with Gasteiger partial charge in [0.1, 0.15) is 22.8 Å². The van der Waals surface area contributed by atoms with Gasteiger partial charge in [0, 0.05) is 6.07 Å². The number of rotatable bonds is 1. The Labute approximate surface area is 108 Å². The molecule has 1 heterocycles. The largest absolute Gasteiger partial charge is 0.508 e. The van der Waals surface area contributed by atoms with E-state index in [1.807, 2.05) is 0 Å². The van der Waals surface area contributed by atoms with Crippen molar-refractivity contribution in [2.45, 2.75) is 0 Å². The molecular weight excluding hydrogens is 244 g/mol. The molecule has 3 aromatic rings. The van der Waals surface area contributed by atoms with Crippen LogP contribution in [0.3, 0.4) is 0 Å². The van der Waals surface area contributed by atoms with Crippen molar-refractivity contribution in [1.29, 1.82) is 0 Å². The second kappa shape index (κ2) is 4.17. The van der Waals surface area contributed by atoms with E-state index in [2.05, 4.69) is 0 Å². The molecule has 0 atom stereocenters. The smallest absolute Gasteiger partial charge is 0.193 e. The number of hydrogen-bond acceptors (Lipinski definition) is 4. The number of fused-ring (bicyclic) bond motifs is 1. The summed E-state index contributed by atoms with van der Waals surface area (Å²) in [6, 6.07) is 12.3. The van der Waals surface area contributed by atoms with Crippen LogP contribution in [0.2, 0.25) is 0 Å². The number of phenols is 2. The molecule has 0 unspecified atom stereocenters. The lowest BCUT2D eigenvalue weighted by atomic mass is 10.1. The van der Waals surface area contributed by atoms with Gasteiger partial charge in [-0.05, 0) is 30.3 Å². The Kier molecular flexibility index (Phi) is 2.49. The first-order valence-electron chi connectivity index (χ1n) is 5.70. The van der Waals surface area contributed by atoms with E-state index in [9.17, 15) is 15.0 Å². The molecule has 3 rings (SSSR count). The molecule has 1 aromatic heterocycles. The van der Waals surface area contributed by atoms with Crippen LogP contribution in [-0.2, 0) is 0 Å². The molecule has 2 N–H and O–H groups in total.